The summed E-state index contributed by atoms with van der Waals surface area (Å²) in [6.07, 6.45) is 0. The number of aliphatic hydroxyl groups is 1. The fraction of sp³-hybridized carbons (Fsp3) is 0.208. The van der Waals surface area contributed by atoms with Gasteiger partial charge in [-0.1, -0.05) is 6.07 Å². The summed E-state index contributed by atoms with van der Waals surface area (Å²) in [5.74, 6) is -2.87. The topological polar surface area (TPSA) is 104 Å². The van der Waals surface area contributed by atoms with Crippen LogP contribution in [0.15, 0.2) is 48.5 Å². The number of nitrogens with one attached hydrogen (secondary N) is 2. The lowest BCUT2D eigenvalue weighted by Crippen LogP contribution is -2.37. The molecule has 0 bridgehead atoms. The number of ketones is 1. The maximum Gasteiger partial charge on any atom is 0.272 e. The smallest absolute Gasteiger partial charge is 0.272 e. The highest BCUT2D eigenvalue weighted by molar-refractivity contribution is 6.47. The highest BCUT2D eigenvalue weighted by atomic mass is 19.1. The summed E-state index contributed by atoms with van der Waals surface area (Å²) < 4.78 is 34.7. The molecule has 1 heterocycles. The van der Waals surface area contributed by atoms with E-state index in [1.54, 1.807) is 25.2 Å². The van der Waals surface area contributed by atoms with E-state index in [0.717, 1.165) is 12.1 Å². The number of amides is 1. The second-order valence-electron chi connectivity index (χ2n) is 7.89. The number of anilines is 1. The van der Waals surface area contributed by atoms with E-state index in [1.165, 1.54) is 43.7 Å². The fourth-order valence-corrected chi connectivity index (χ4v) is 3.31. The van der Waals surface area contributed by atoms with Gasteiger partial charge in [-0.15, -0.1) is 0 Å². The summed E-state index contributed by atoms with van der Waals surface area (Å²) in [5, 5.41) is 20.4. The van der Waals surface area contributed by atoms with Crippen molar-refractivity contribution in [2.75, 3.05) is 12.4 Å². The van der Waals surface area contributed by atoms with Crippen LogP contribution in [0, 0.1) is 17.0 Å². The summed E-state index contributed by atoms with van der Waals surface area (Å²) in [5.41, 5.74) is -1.31. The van der Waals surface area contributed by atoms with E-state index in [4.69, 9.17) is 10.1 Å². The number of hydrogen-bond donors (Lipinski definition) is 3. The summed E-state index contributed by atoms with van der Waals surface area (Å²) in [6, 6.07) is 11.0. The number of ether oxygens (including phenoxy) is 1. The molecule has 0 aliphatic heterocycles. The van der Waals surface area contributed by atoms with Crippen LogP contribution in [0.1, 0.15) is 29.9 Å². The van der Waals surface area contributed by atoms with E-state index in [2.05, 4.69) is 5.32 Å². The van der Waals surface area contributed by atoms with Gasteiger partial charge in [0.2, 0.25) is 5.78 Å². The zero-order valence-electron chi connectivity index (χ0n) is 18.5. The Bertz CT molecular complexity index is 1240. The molecule has 33 heavy (non-hydrogen) atoms. The van der Waals surface area contributed by atoms with Crippen LogP contribution in [0.25, 0.3) is 11.3 Å². The van der Waals surface area contributed by atoms with E-state index in [1.807, 2.05) is 0 Å². The van der Waals surface area contributed by atoms with Gasteiger partial charge in [0.25, 0.3) is 5.91 Å². The van der Waals surface area contributed by atoms with Crippen LogP contribution in [-0.2, 0) is 11.8 Å². The molecule has 0 aliphatic carbocycles. The number of methoxy groups -OCH3 is 1. The summed E-state index contributed by atoms with van der Waals surface area (Å²) in [4.78, 5) is 25.0. The summed E-state index contributed by atoms with van der Waals surface area (Å²) in [6.45, 7) is 2.60. The lowest BCUT2D eigenvalue weighted by atomic mass is 9.93. The molecular formula is C24H23F2N3O4. The third-order valence-electron chi connectivity index (χ3n) is 5.10. The monoisotopic (exact) mass is 455 g/mol. The van der Waals surface area contributed by atoms with E-state index < -0.39 is 34.6 Å². The normalized spacial score (nSPS) is 11.2. The van der Waals surface area contributed by atoms with Crippen molar-refractivity contribution < 1.29 is 28.2 Å². The minimum absolute atomic E-state index is 0.114. The number of hydrogen-bond acceptors (Lipinski definition) is 5. The highest BCUT2D eigenvalue weighted by Gasteiger charge is 2.29. The first kappa shape index (κ1) is 23.8. The third kappa shape index (κ3) is 4.68. The molecule has 2 aromatic carbocycles. The van der Waals surface area contributed by atoms with Gasteiger partial charge in [-0.05, 0) is 56.3 Å². The van der Waals surface area contributed by atoms with Crippen molar-refractivity contribution in [2.45, 2.75) is 19.4 Å². The number of benzene rings is 2. The maximum absolute atomic E-state index is 13.9. The van der Waals surface area contributed by atoms with Gasteiger partial charge in [0.15, 0.2) is 0 Å². The molecule has 0 saturated carbocycles. The first-order valence-electron chi connectivity index (χ1n) is 9.91. The molecule has 7 nitrogen and oxygen atoms in total. The number of para-hydroxylation sites is 1. The van der Waals surface area contributed by atoms with Crippen molar-refractivity contribution in [1.29, 1.82) is 5.41 Å². The SMILES string of the molecule is COc1ccc(C(=N)C(=O)C(C)(C)O)cc1-c1ccc(C(=O)Nc2c(F)cccc2F)n1C. The van der Waals surface area contributed by atoms with Crippen LogP contribution < -0.4 is 10.1 Å². The minimum atomic E-state index is -1.71. The molecule has 9 heteroatoms. The molecule has 172 valence electrons. The lowest BCUT2D eigenvalue weighted by molar-refractivity contribution is -0.126. The number of carbonyl (C=O) groups excluding carboxylic acids is 2. The van der Waals surface area contributed by atoms with Gasteiger partial charge < -0.3 is 19.7 Å². The fourth-order valence-electron chi connectivity index (χ4n) is 3.31. The summed E-state index contributed by atoms with van der Waals surface area (Å²) in [7, 11) is 3.03. The Balaban J connectivity index is 2.00. The second kappa shape index (κ2) is 8.95. The van der Waals surface area contributed by atoms with Gasteiger partial charge >= 0.3 is 0 Å². The quantitative estimate of drug-likeness (QED) is 0.470. The zero-order valence-corrected chi connectivity index (χ0v) is 18.5. The van der Waals surface area contributed by atoms with Crippen LogP contribution >= 0.6 is 0 Å². The molecule has 3 rings (SSSR count). The largest absolute Gasteiger partial charge is 0.496 e. The Morgan fingerprint density at radius 3 is 2.30 bits per heavy atom. The molecule has 0 spiro atoms. The van der Waals surface area contributed by atoms with Gasteiger partial charge in [-0.2, -0.15) is 0 Å². The number of nitrogens with zero attached hydrogens (tertiary/aromatic N) is 1. The molecule has 1 aromatic heterocycles. The molecule has 3 N–H and O–H groups in total. The predicted molar refractivity (Wildman–Crippen MR) is 120 cm³/mol. The maximum atomic E-state index is 13.9. The molecule has 0 aliphatic rings. The lowest BCUT2D eigenvalue weighted by Gasteiger charge is -2.17. The molecular weight excluding hydrogens is 432 g/mol. The number of aromatic nitrogens is 1. The zero-order chi connectivity index (χ0) is 24.5. The van der Waals surface area contributed by atoms with Crippen LogP contribution in [-0.4, -0.2) is 39.8 Å². The molecule has 0 unspecified atom stereocenters. The molecule has 0 fully saturated rings. The van der Waals surface area contributed by atoms with Crippen molar-refractivity contribution in [2.24, 2.45) is 7.05 Å². The number of rotatable bonds is 7. The Morgan fingerprint density at radius 2 is 1.73 bits per heavy atom. The first-order valence-corrected chi connectivity index (χ1v) is 9.91. The van der Waals surface area contributed by atoms with Gasteiger partial charge in [0.1, 0.15) is 40.1 Å². The Morgan fingerprint density at radius 1 is 1.09 bits per heavy atom. The summed E-state index contributed by atoms with van der Waals surface area (Å²) >= 11 is 0. The van der Waals surface area contributed by atoms with Gasteiger partial charge in [-0.3, -0.25) is 15.0 Å². The molecule has 1 amide bonds. The van der Waals surface area contributed by atoms with Crippen molar-refractivity contribution in [3.05, 3.63) is 71.4 Å². The average Bonchev–Trinajstić information content (AvgIpc) is 3.15. The van der Waals surface area contributed by atoms with Crippen LogP contribution in [0.4, 0.5) is 14.5 Å². The van der Waals surface area contributed by atoms with Crippen LogP contribution in [0.2, 0.25) is 0 Å². The molecule has 0 atom stereocenters. The van der Waals surface area contributed by atoms with Crippen molar-refractivity contribution in [3.63, 3.8) is 0 Å². The molecule has 0 saturated heterocycles. The van der Waals surface area contributed by atoms with E-state index in [9.17, 15) is 23.5 Å². The molecule has 0 radical (unpaired) electrons. The molecule has 3 aromatic rings. The van der Waals surface area contributed by atoms with Crippen molar-refractivity contribution >= 4 is 23.1 Å². The predicted octanol–water partition coefficient (Wildman–Crippen LogP) is 3.94. The first-order chi connectivity index (χ1) is 15.5. The van der Waals surface area contributed by atoms with Crippen molar-refractivity contribution in [1.82, 2.24) is 4.57 Å². The van der Waals surface area contributed by atoms with Crippen LogP contribution in [0.5, 0.6) is 5.75 Å². The van der Waals surface area contributed by atoms with E-state index >= 15 is 0 Å². The average molecular weight is 455 g/mol. The third-order valence-corrected chi connectivity index (χ3v) is 5.10. The van der Waals surface area contributed by atoms with Crippen LogP contribution in [0.3, 0.4) is 0 Å². The second-order valence-corrected chi connectivity index (χ2v) is 7.89. The van der Waals surface area contributed by atoms with Gasteiger partial charge in [0.05, 0.1) is 12.8 Å². The van der Waals surface area contributed by atoms with Crippen molar-refractivity contribution in [3.8, 4) is 17.0 Å². The Labute approximate surface area is 189 Å². The minimum Gasteiger partial charge on any atom is -0.496 e. The van der Waals surface area contributed by atoms with E-state index in [-0.39, 0.29) is 17.0 Å². The van der Waals surface area contributed by atoms with Gasteiger partial charge in [0, 0.05) is 18.2 Å². The number of halogens is 2. The standard InChI is InChI=1S/C24H23F2N3O4/c1-24(2,32)22(30)20(27)13-8-11-19(33-4)14(12-13)17-9-10-18(29(17)3)23(31)28-21-15(25)6-5-7-16(21)26/h5-12,27,32H,1-4H3,(H,28,31). The van der Waals surface area contributed by atoms with Gasteiger partial charge in [-0.25, -0.2) is 8.78 Å². The Kier molecular flexibility index (Phi) is 6.46. The number of Topliss-reactive ketones (excluding diaryl/α,β-unsaturated/α-hetero) is 1. The number of carbonyl (C=O) groups is 2. The Hall–Kier alpha value is -3.85. The highest BCUT2D eigenvalue weighted by Crippen LogP contribution is 2.33. The van der Waals surface area contributed by atoms with E-state index in [0.29, 0.717) is 17.0 Å².